The fourth-order valence-electron chi connectivity index (χ4n) is 2.78. The van der Waals surface area contributed by atoms with Crippen molar-refractivity contribution in [1.82, 2.24) is 0 Å². The number of nitrogens with two attached hydrogens (primary N) is 1. The summed E-state index contributed by atoms with van der Waals surface area (Å²) in [7, 11) is 0. The minimum absolute atomic E-state index is 0.207. The lowest BCUT2D eigenvalue weighted by molar-refractivity contribution is 0.306. The standard InChI is InChI=1S/C18H21NO/c1-12-3-4-14(9-13(12)2)11-20-16-6-7-17-15(10-16)5-8-18(17)19/h3-4,6-7,9-10,18H,5,8,11,19H2,1-2H3/t18-/m0/s1. The van der Waals surface area contributed by atoms with E-state index in [0.29, 0.717) is 6.61 Å². The van der Waals surface area contributed by atoms with Crippen molar-refractivity contribution in [2.45, 2.75) is 39.3 Å². The van der Waals surface area contributed by atoms with Gasteiger partial charge in [0.05, 0.1) is 0 Å². The summed E-state index contributed by atoms with van der Waals surface area (Å²) in [4.78, 5) is 0. The Hall–Kier alpha value is -1.80. The van der Waals surface area contributed by atoms with Gasteiger partial charge in [-0.25, -0.2) is 0 Å². The van der Waals surface area contributed by atoms with E-state index in [-0.39, 0.29) is 6.04 Å². The third-order valence-corrected chi connectivity index (χ3v) is 4.22. The number of aryl methyl sites for hydroxylation is 3. The molecule has 0 heterocycles. The molecule has 0 aromatic heterocycles. The molecule has 0 saturated heterocycles. The van der Waals surface area contributed by atoms with E-state index >= 15 is 0 Å². The molecule has 2 heteroatoms. The van der Waals surface area contributed by atoms with Gasteiger partial charge in [0.15, 0.2) is 0 Å². The van der Waals surface area contributed by atoms with E-state index in [9.17, 15) is 0 Å². The molecular formula is C18H21NO. The molecule has 104 valence electrons. The molecule has 0 bridgehead atoms. The van der Waals surface area contributed by atoms with E-state index in [1.807, 2.05) is 6.07 Å². The van der Waals surface area contributed by atoms with E-state index in [4.69, 9.17) is 10.5 Å². The van der Waals surface area contributed by atoms with Crippen molar-refractivity contribution in [3.05, 3.63) is 64.2 Å². The van der Waals surface area contributed by atoms with Crippen molar-refractivity contribution >= 4 is 0 Å². The Morgan fingerprint density at radius 2 is 1.95 bits per heavy atom. The summed E-state index contributed by atoms with van der Waals surface area (Å²) in [5.41, 5.74) is 12.5. The van der Waals surface area contributed by atoms with E-state index in [2.05, 4.69) is 44.2 Å². The molecule has 0 radical (unpaired) electrons. The van der Waals surface area contributed by atoms with Crippen LogP contribution in [-0.2, 0) is 13.0 Å². The first-order chi connectivity index (χ1) is 9.63. The second kappa shape index (κ2) is 5.29. The average molecular weight is 267 g/mol. The molecule has 3 rings (SSSR count). The molecule has 20 heavy (non-hydrogen) atoms. The summed E-state index contributed by atoms with van der Waals surface area (Å²) < 4.78 is 5.91. The Balaban J connectivity index is 1.71. The number of fused-ring (bicyclic) bond motifs is 1. The lowest BCUT2D eigenvalue weighted by Gasteiger charge is -2.10. The van der Waals surface area contributed by atoms with E-state index < -0.39 is 0 Å². The maximum Gasteiger partial charge on any atom is 0.120 e. The van der Waals surface area contributed by atoms with Crippen LogP contribution in [0.3, 0.4) is 0 Å². The quantitative estimate of drug-likeness (QED) is 0.917. The van der Waals surface area contributed by atoms with Crippen molar-refractivity contribution in [1.29, 1.82) is 0 Å². The highest BCUT2D eigenvalue weighted by Gasteiger charge is 2.18. The van der Waals surface area contributed by atoms with Gasteiger partial charge in [-0.1, -0.05) is 24.3 Å². The van der Waals surface area contributed by atoms with Gasteiger partial charge in [-0.2, -0.15) is 0 Å². The number of benzene rings is 2. The van der Waals surface area contributed by atoms with Crippen LogP contribution in [0.4, 0.5) is 0 Å². The first kappa shape index (κ1) is 13.2. The van der Waals surface area contributed by atoms with Gasteiger partial charge in [-0.3, -0.25) is 0 Å². The molecule has 0 amide bonds. The molecular weight excluding hydrogens is 246 g/mol. The topological polar surface area (TPSA) is 35.2 Å². The molecule has 0 aliphatic heterocycles. The van der Waals surface area contributed by atoms with Gasteiger partial charge in [-0.05, 0) is 66.6 Å². The Morgan fingerprint density at radius 1 is 1.10 bits per heavy atom. The van der Waals surface area contributed by atoms with Crippen LogP contribution >= 0.6 is 0 Å². The maximum atomic E-state index is 6.05. The Kier molecular flexibility index (Phi) is 3.49. The van der Waals surface area contributed by atoms with Crippen LogP contribution in [0.25, 0.3) is 0 Å². The predicted molar refractivity (Wildman–Crippen MR) is 81.9 cm³/mol. The Labute approximate surface area is 120 Å². The zero-order valence-electron chi connectivity index (χ0n) is 12.1. The molecule has 0 fully saturated rings. The second-order valence-electron chi connectivity index (χ2n) is 5.71. The van der Waals surface area contributed by atoms with Gasteiger partial charge < -0.3 is 10.5 Å². The molecule has 0 unspecified atom stereocenters. The summed E-state index contributed by atoms with van der Waals surface area (Å²) >= 11 is 0. The molecule has 1 aliphatic rings. The molecule has 1 aliphatic carbocycles. The van der Waals surface area contributed by atoms with Crippen LogP contribution < -0.4 is 10.5 Å². The fourth-order valence-corrected chi connectivity index (χ4v) is 2.78. The van der Waals surface area contributed by atoms with Crippen molar-refractivity contribution in [2.24, 2.45) is 5.73 Å². The Bertz CT molecular complexity index is 633. The lowest BCUT2D eigenvalue weighted by Crippen LogP contribution is -2.05. The predicted octanol–water partition coefficient (Wildman–Crippen LogP) is 3.83. The summed E-state index contributed by atoms with van der Waals surface area (Å²) in [5, 5.41) is 0. The van der Waals surface area contributed by atoms with E-state index in [1.165, 1.54) is 27.8 Å². The summed E-state index contributed by atoms with van der Waals surface area (Å²) in [5.74, 6) is 0.941. The lowest BCUT2D eigenvalue weighted by atomic mass is 10.1. The van der Waals surface area contributed by atoms with Crippen molar-refractivity contribution in [3.8, 4) is 5.75 Å². The van der Waals surface area contributed by atoms with Crippen LogP contribution in [0.5, 0.6) is 5.75 Å². The first-order valence-electron chi connectivity index (χ1n) is 7.21. The van der Waals surface area contributed by atoms with Crippen molar-refractivity contribution < 1.29 is 4.74 Å². The fraction of sp³-hybridized carbons (Fsp3) is 0.333. The van der Waals surface area contributed by atoms with Gasteiger partial charge in [-0.15, -0.1) is 0 Å². The third kappa shape index (κ3) is 2.56. The van der Waals surface area contributed by atoms with Crippen molar-refractivity contribution in [3.63, 3.8) is 0 Å². The van der Waals surface area contributed by atoms with Crippen LogP contribution in [0.15, 0.2) is 36.4 Å². The van der Waals surface area contributed by atoms with Gasteiger partial charge in [0, 0.05) is 6.04 Å². The zero-order chi connectivity index (χ0) is 14.1. The molecule has 0 saturated carbocycles. The number of hydrogen-bond acceptors (Lipinski definition) is 2. The molecule has 2 aromatic carbocycles. The number of ether oxygens (including phenoxy) is 1. The van der Waals surface area contributed by atoms with Crippen LogP contribution in [0.1, 0.15) is 40.3 Å². The first-order valence-corrected chi connectivity index (χ1v) is 7.21. The zero-order valence-corrected chi connectivity index (χ0v) is 12.1. The Morgan fingerprint density at radius 3 is 2.75 bits per heavy atom. The van der Waals surface area contributed by atoms with Crippen LogP contribution in [0.2, 0.25) is 0 Å². The van der Waals surface area contributed by atoms with Crippen molar-refractivity contribution in [2.75, 3.05) is 0 Å². The second-order valence-corrected chi connectivity index (χ2v) is 5.71. The average Bonchev–Trinajstić information content (AvgIpc) is 2.81. The molecule has 0 spiro atoms. The normalized spacial score (nSPS) is 17.1. The SMILES string of the molecule is Cc1ccc(COc2ccc3c(c2)CC[C@@H]3N)cc1C. The molecule has 1 atom stereocenters. The smallest absolute Gasteiger partial charge is 0.120 e. The number of hydrogen-bond donors (Lipinski definition) is 1. The molecule has 2 N–H and O–H groups in total. The van der Waals surface area contributed by atoms with E-state index in [1.54, 1.807) is 0 Å². The highest BCUT2D eigenvalue weighted by atomic mass is 16.5. The highest BCUT2D eigenvalue weighted by Crippen LogP contribution is 2.32. The molecule has 2 aromatic rings. The minimum atomic E-state index is 0.207. The summed E-state index contributed by atoms with van der Waals surface area (Å²) in [6, 6.07) is 13.0. The largest absolute Gasteiger partial charge is 0.489 e. The van der Waals surface area contributed by atoms with Crippen LogP contribution in [0, 0.1) is 13.8 Å². The molecule has 2 nitrogen and oxygen atoms in total. The summed E-state index contributed by atoms with van der Waals surface area (Å²) in [6.07, 6.45) is 2.12. The number of rotatable bonds is 3. The van der Waals surface area contributed by atoms with Gasteiger partial charge in [0.25, 0.3) is 0 Å². The minimum Gasteiger partial charge on any atom is -0.489 e. The van der Waals surface area contributed by atoms with Gasteiger partial charge >= 0.3 is 0 Å². The highest BCUT2D eigenvalue weighted by molar-refractivity contribution is 5.40. The van der Waals surface area contributed by atoms with E-state index in [0.717, 1.165) is 18.6 Å². The van der Waals surface area contributed by atoms with Gasteiger partial charge in [0.1, 0.15) is 12.4 Å². The van der Waals surface area contributed by atoms with Crippen LogP contribution in [-0.4, -0.2) is 0 Å². The monoisotopic (exact) mass is 267 g/mol. The summed E-state index contributed by atoms with van der Waals surface area (Å²) in [6.45, 7) is 4.88. The van der Waals surface area contributed by atoms with Gasteiger partial charge in [0.2, 0.25) is 0 Å². The third-order valence-electron chi connectivity index (χ3n) is 4.22. The maximum absolute atomic E-state index is 6.05.